The van der Waals surface area contributed by atoms with Crippen molar-refractivity contribution < 1.29 is 17.9 Å². The average Bonchev–Trinajstić information content (AvgIpc) is 3.06. The van der Waals surface area contributed by atoms with Crippen LogP contribution in [0, 0.1) is 6.92 Å². The fraction of sp³-hybridized carbons (Fsp3) is 0.333. The molecule has 1 N–H and O–H groups in total. The number of nitrogens with zero attached hydrogens (tertiary/aromatic N) is 2. The van der Waals surface area contributed by atoms with E-state index in [0.29, 0.717) is 34.9 Å². The average molecular weight is 448 g/mol. The first-order valence-electron chi connectivity index (χ1n) is 9.57. The van der Waals surface area contributed by atoms with Crippen LogP contribution in [0.3, 0.4) is 0 Å². The Bertz CT molecular complexity index is 1140. The molecule has 0 saturated carbocycles. The monoisotopic (exact) mass is 447 g/mol. The number of hydrogen-bond donors (Lipinski definition) is 1. The Kier molecular flexibility index (Phi) is 5.34. The molecule has 2 aromatic rings. The minimum atomic E-state index is -3.66. The Hall–Kier alpha value is -2.42. The number of rotatable bonds is 4. The number of piperidine rings is 1. The van der Waals surface area contributed by atoms with E-state index in [4.69, 9.17) is 16.3 Å². The van der Waals surface area contributed by atoms with Crippen LogP contribution in [0.4, 0.5) is 0 Å². The van der Waals surface area contributed by atoms with Crippen LogP contribution in [0.5, 0.6) is 5.75 Å². The van der Waals surface area contributed by atoms with E-state index in [1.807, 2.05) is 6.92 Å². The second-order valence-electron chi connectivity index (χ2n) is 7.49. The Morgan fingerprint density at radius 3 is 2.57 bits per heavy atom. The summed E-state index contributed by atoms with van der Waals surface area (Å²) in [6.45, 7) is 2.33. The van der Waals surface area contributed by atoms with Crippen LogP contribution in [-0.2, 0) is 14.8 Å². The maximum atomic E-state index is 13.0. The molecule has 158 valence electrons. The number of nitrogens with one attached hydrogen (secondary N) is 1. The van der Waals surface area contributed by atoms with Gasteiger partial charge in [0, 0.05) is 36.5 Å². The molecule has 0 aliphatic carbocycles. The fourth-order valence-corrected chi connectivity index (χ4v) is 5.46. The molecule has 2 aliphatic heterocycles. The lowest BCUT2D eigenvalue weighted by Gasteiger charge is -2.36. The molecular formula is C21H22ClN3O4S. The first-order chi connectivity index (χ1) is 14.2. The summed E-state index contributed by atoms with van der Waals surface area (Å²) in [6, 6.07) is 11.9. The second-order valence-corrected chi connectivity index (χ2v) is 9.84. The van der Waals surface area contributed by atoms with Crippen LogP contribution in [0.1, 0.15) is 24.0 Å². The molecule has 0 atom stereocenters. The minimum absolute atomic E-state index is 0.171. The lowest BCUT2D eigenvalue weighted by molar-refractivity contribution is -0.115. The van der Waals surface area contributed by atoms with Gasteiger partial charge in [-0.15, -0.1) is 0 Å². The lowest BCUT2D eigenvalue weighted by atomic mass is 10.00. The van der Waals surface area contributed by atoms with E-state index in [0.717, 1.165) is 5.56 Å². The summed E-state index contributed by atoms with van der Waals surface area (Å²) in [4.78, 5) is 17.4. The summed E-state index contributed by atoms with van der Waals surface area (Å²) in [5.41, 5.74) is 1.05. The van der Waals surface area contributed by atoms with Gasteiger partial charge in [-0.2, -0.15) is 4.31 Å². The van der Waals surface area contributed by atoms with Gasteiger partial charge in [0.05, 0.1) is 12.0 Å². The highest BCUT2D eigenvalue weighted by Crippen LogP contribution is 2.32. The Labute approximate surface area is 180 Å². The van der Waals surface area contributed by atoms with Crippen molar-refractivity contribution in [3.63, 3.8) is 0 Å². The molecule has 1 fully saturated rings. The van der Waals surface area contributed by atoms with Crippen molar-refractivity contribution in [3.8, 4) is 5.75 Å². The van der Waals surface area contributed by atoms with Crippen molar-refractivity contribution >= 4 is 33.2 Å². The molecule has 30 heavy (non-hydrogen) atoms. The normalized spacial score (nSPS) is 18.9. The summed E-state index contributed by atoms with van der Waals surface area (Å²) in [5.74, 6) is 0.381. The summed E-state index contributed by atoms with van der Waals surface area (Å²) in [6.07, 6.45) is 0.788. The van der Waals surface area contributed by atoms with Gasteiger partial charge in [0.15, 0.2) is 0 Å². The molecule has 2 aromatic carbocycles. The van der Waals surface area contributed by atoms with Gasteiger partial charge in [0.2, 0.25) is 10.0 Å². The Balaban J connectivity index is 1.54. The number of carbonyl (C=O) groups excluding carboxylic acids is 1. The predicted molar refractivity (Wildman–Crippen MR) is 115 cm³/mol. The topological polar surface area (TPSA) is 88.1 Å². The molecule has 2 heterocycles. The van der Waals surface area contributed by atoms with E-state index < -0.39 is 15.7 Å². The predicted octanol–water partition coefficient (Wildman–Crippen LogP) is 2.76. The van der Waals surface area contributed by atoms with Crippen molar-refractivity contribution in [2.45, 2.75) is 30.3 Å². The van der Waals surface area contributed by atoms with Gasteiger partial charge >= 0.3 is 0 Å². The number of carbonyl (C=O) groups is 1. The SMILES string of the molecule is COc1cccc(C2=NC3(CCN(S(=O)(=O)c4ccc(C)c(Cl)c4)CC3)NC2=O)c1. The standard InChI is InChI=1S/C21H22ClN3O4S/c1-14-6-7-17(13-18(14)22)30(27,28)25-10-8-21(9-11-25)23-19(20(26)24-21)15-4-3-5-16(12-15)29-2/h3-7,12-13H,8-11H2,1-2H3,(H,24,26). The molecule has 1 saturated heterocycles. The quantitative estimate of drug-likeness (QED) is 0.780. The van der Waals surface area contributed by atoms with E-state index in [1.54, 1.807) is 43.5 Å². The number of aryl methyl sites for hydroxylation is 1. The molecule has 0 aromatic heterocycles. The van der Waals surface area contributed by atoms with Crippen LogP contribution >= 0.6 is 11.6 Å². The first kappa shape index (κ1) is 20.8. The molecule has 0 radical (unpaired) electrons. The van der Waals surface area contributed by atoms with Crippen LogP contribution in [0.25, 0.3) is 0 Å². The number of benzene rings is 2. The highest BCUT2D eigenvalue weighted by Gasteiger charge is 2.44. The van der Waals surface area contributed by atoms with Gasteiger partial charge in [0.1, 0.15) is 17.1 Å². The van der Waals surface area contributed by atoms with Crippen LogP contribution in [-0.4, -0.2) is 50.2 Å². The second kappa shape index (κ2) is 7.68. The third-order valence-electron chi connectivity index (χ3n) is 5.56. The molecule has 0 bridgehead atoms. The lowest BCUT2D eigenvalue weighted by Crippen LogP contribution is -2.52. The fourth-order valence-electron chi connectivity index (χ4n) is 3.75. The van der Waals surface area contributed by atoms with E-state index in [9.17, 15) is 13.2 Å². The maximum absolute atomic E-state index is 13.0. The third kappa shape index (κ3) is 3.71. The van der Waals surface area contributed by atoms with Gasteiger partial charge < -0.3 is 10.1 Å². The van der Waals surface area contributed by atoms with Crippen molar-refractivity contribution in [1.82, 2.24) is 9.62 Å². The number of aliphatic imine (C=N–C) groups is 1. The van der Waals surface area contributed by atoms with Gasteiger partial charge in [-0.05, 0) is 36.8 Å². The molecule has 1 spiro atoms. The van der Waals surface area contributed by atoms with Crippen molar-refractivity contribution in [2.24, 2.45) is 4.99 Å². The highest BCUT2D eigenvalue weighted by atomic mass is 35.5. The summed E-state index contributed by atoms with van der Waals surface area (Å²) >= 11 is 6.11. The van der Waals surface area contributed by atoms with E-state index in [1.165, 1.54) is 10.4 Å². The molecule has 0 unspecified atom stereocenters. The summed E-state index contributed by atoms with van der Waals surface area (Å²) < 4.78 is 32.7. The number of methoxy groups -OCH3 is 1. The van der Waals surface area contributed by atoms with Gasteiger partial charge in [-0.25, -0.2) is 8.42 Å². The molecule has 4 rings (SSSR count). The van der Waals surface area contributed by atoms with Crippen LogP contribution in [0.15, 0.2) is 52.4 Å². The Morgan fingerprint density at radius 2 is 1.90 bits per heavy atom. The Morgan fingerprint density at radius 1 is 1.17 bits per heavy atom. The van der Waals surface area contributed by atoms with E-state index >= 15 is 0 Å². The summed E-state index contributed by atoms with van der Waals surface area (Å²) in [5, 5.41) is 3.37. The number of ether oxygens (including phenoxy) is 1. The van der Waals surface area contributed by atoms with Crippen molar-refractivity contribution in [1.29, 1.82) is 0 Å². The third-order valence-corrected chi connectivity index (χ3v) is 7.86. The van der Waals surface area contributed by atoms with Gasteiger partial charge in [0.25, 0.3) is 5.91 Å². The largest absolute Gasteiger partial charge is 0.497 e. The molecule has 1 amide bonds. The smallest absolute Gasteiger partial charge is 0.272 e. The molecule has 7 nitrogen and oxygen atoms in total. The molecule has 2 aliphatic rings. The number of hydrogen-bond acceptors (Lipinski definition) is 5. The van der Waals surface area contributed by atoms with Crippen LogP contribution in [0.2, 0.25) is 5.02 Å². The number of sulfonamides is 1. The van der Waals surface area contributed by atoms with Crippen molar-refractivity contribution in [2.75, 3.05) is 20.2 Å². The first-order valence-corrected chi connectivity index (χ1v) is 11.4. The van der Waals surface area contributed by atoms with E-state index in [2.05, 4.69) is 10.3 Å². The van der Waals surface area contributed by atoms with Crippen molar-refractivity contribution in [3.05, 3.63) is 58.6 Å². The zero-order valence-electron chi connectivity index (χ0n) is 16.7. The maximum Gasteiger partial charge on any atom is 0.272 e. The molecular weight excluding hydrogens is 426 g/mol. The highest BCUT2D eigenvalue weighted by molar-refractivity contribution is 7.89. The van der Waals surface area contributed by atoms with Gasteiger partial charge in [-0.3, -0.25) is 9.79 Å². The zero-order chi connectivity index (χ0) is 21.5. The number of halogens is 1. The van der Waals surface area contributed by atoms with Crippen LogP contribution < -0.4 is 10.1 Å². The van der Waals surface area contributed by atoms with E-state index in [-0.39, 0.29) is 23.9 Å². The molecule has 9 heteroatoms. The summed E-state index contributed by atoms with van der Waals surface area (Å²) in [7, 11) is -2.10. The minimum Gasteiger partial charge on any atom is -0.497 e. The van der Waals surface area contributed by atoms with Gasteiger partial charge in [-0.1, -0.05) is 29.8 Å². The number of amides is 1. The zero-order valence-corrected chi connectivity index (χ0v) is 18.3.